The molecule has 1 aliphatic heterocycles. The highest BCUT2D eigenvalue weighted by molar-refractivity contribution is 7.99. The number of carboxylic acids is 1. The molecule has 1 saturated heterocycles. The van der Waals surface area contributed by atoms with Crippen LogP contribution < -0.4 is 5.32 Å². The summed E-state index contributed by atoms with van der Waals surface area (Å²) in [4.78, 5) is 38.4. The Morgan fingerprint density at radius 3 is 2.34 bits per heavy atom. The number of rotatable bonds is 10. The monoisotopic (exact) mass is 456 g/mol. The van der Waals surface area contributed by atoms with Crippen LogP contribution in [0.1, 0.15) is 30.4 Å². The van der Waals surface area contributed by atoms with Gasteiger partial charge in [0.15, 0.2) is 0 Å². The summed E-state index contributed by atoms with van der Waals surface area (Å²) in [6, 6.07) is 17.6. The topological polar surface area (TPSA) is 95.9 Å². The number of unbranched alkanes of at least 4 members (excludes halogenated alkanes) is 1. The molecular weight excluding hydrogens is 428 g/mol. The summed E-state index contributed by atoms with van der Waals surface area (Å²) in [5, 5.41) is 12.1. The maximum absolute atomic E-state index is 13.1. The number of thioether (sulfide) groups is 1. The molecular formula is C24H28N2O5S. The first kappa shape index (κ1) is 23.7. The average molecular weight is 457 g/mol. The minimum atomic E-state index is -1.03. The van der Waals surface area contributed by atoms with E-state index in [0.29, 0.717) is 24.5 Å². The van der Waals surface area contributed by atoms with E-state index in [9.17, 15) is 19.5 Å². The van der Waals surface area contributed by atoms with Gasteiger partial charge in [-0.1, -0.05) is 67.1 Å². The van der Waals surface area contributed by atoms with E-state index in [0.717, 1.165) is 18.4 Å². The van der Waals surface area contributed by atoms with Crippen LogP contribution in [0.15, 0.2) is 60.7 Å². The molecule has 1 aliphatic rings. The lowest BCUT2D eigenvalue weighted by Gasteiger charge is -2.26. The van der Waals surface area contributed by atoms with Gasteiger partial charge in [-0.2, -0.15) is 0 Å². The maximum atomic E-state index is 13.1. The first-order valence-corrected chi connectivity index (χ1v) is 11.8. The minimum absolute atomic E-state index is 0.0961. The number of benzene rings is 2. The second kappa shape index (κ2) is 12.1. The van der Waals surface area contributed by atoms with Crippen molar-refractivity contribution in [1.29, 1.82) is 0 Å². The number of ether oxygens (including phenoxy) is 1. The number of carbonyl (C=O) groups is 3. The van der Waals surface area contributed by atoms with Crippen LogP contribution in [0.4, 0.5) is 4.79 Å². The summed E-state index contributed by atoms with van der Waals surface area (Å²) < 4.78 is 5.28. The van der Waals surface area contributed by atoms with Gasteiger partial charge in [0.2, 0.25) is 5.91 Å². The van der Waals surface area contributed by atoms with Crippen molar-refractivity contribution >= 4 is 29.7 Å². The molecule has 1 fully saturated rings. The first-order chi connectivity index (χ1) is 15.5. The maximum Gasteiger partial charge on any atom is 0.408 e. The molecule has 0 saturated carbocycles. The summed E-state index contributed by atoms with van der Waals surface area (Å²) in [6.07, 6.45) is 2.17. The Balaban J connectivity index is 1.58. The molecule has 2 N–H and O–H groups in total. The van der Waals surface area contributed by atoms with E-state index in [2.05, 4.69) is 17.4 Å². The zero-order chi connectivity index (χ0) is 22.8. The van der Waals surface area contributed by atoms with Gasteiger partial charge in [0.05, 0.1) is 5.88 Å². The van der Waals surface area contributed by atoms with Crippen molar-refractivity contribution < 1.29 is 24.2 Å². The number of hydrogen-bond acceptors (Lipinski definition) is 5. The fraction of sp³-hybridized carbons (Fsp3) is 0.375. The standard InChI is InChI=1S/C24H28N2O5S/c27-22(26-17-32-16-21(26)23(28)29)20(14-8-7-11-18-9-3-1-4-10-18)25-24(30)31-15-19-12-5-2-6-13-19/h1-6,9-10,12-13,20-21H,7-8,11,14-17H2,(H,25,30)(H,28,29)/t20?,21-/m0/s1. The van der Waals surface area contributed by atoms with Gasteiger partial charge >= 0.3 is 12.1 Å². The molecule has 32 heavy (non-hydrogen) atoms. The number of carboxylic acid groups (broad SMARTS) is 1. The van der Waals surface area contributed by atoms with Gasteiger partial charge in [0, 0.05) is 5.75 Å². The van der Waals surface area contributed by atoms with Crippen LogP contribution in [-0.2, 0) is 27.4 Å². The third-order valence-electron chi connectivity index (χ3n) is 5.30. The summed E-state index contributed by atoms with van der Waals surface area (Å²) in [5.74, 6) is -0.756. The number of amides is 2. The van der Waals surface area contributed by atoms with Crippen molar-refractivity contribution in [3.05, 3.63) is 71.8 Å². The zero-order valence-corrected chi connectivity index (χ0v) is 18.6. The molecule has 0 radical (unpaired) electrons. The van der Waals surface area contributed by atoms with Crippen LogP contribution in [0, 0.1) is 0 Å². The van der Waals surface area contributed by atoms with Gasteiger partial charge in [-0.3, -0.25) is 4.79 Å². The first-order valence-electron chi connectivity index (χ1n) is 10.7. The lowest BCUT2D eigenvalue weighted by Crippen LogP contribution is -2.52. The Labute approximate surface area is 192 Å². The summed E-state index contributed by atoms with van der Waals surface area (Å²) in [7, 11) is 0. The Bertz CT molecular complexity index is 894. The Kier molecular flexibility index (Phi) is 8.98. The van der Waals surface area contributed by atoms with Crippen molar-refractivity contribution in [1.82, 2.24) is 10.2 Å². The highest BCUT2D eigenvalue weighted by Crippen LogP contribution is 2.23. The molecule has 2 aromatic rings. The SMILES string of the molecule is O=C(NC(CCCCc1ccccc1)C(=O)N1CSC[C@H]1C(=O)O)OCc1ccccc1. The van der Waals surface area contributed by atoms with E-state index < -0.39 is 24.1 Å². The molecule has 7 nitrogen and oxygen atoms in total. The van der Waals surface area contributed by atoms with Gasteiger partial charge in [-0.25, -0.2) is 9.59 Å². The van der Waals surface area contributed by atoms with Crippen molar-refractivity contribution in [2.24, 2.45) is 0 Å². The lowest BCUT2D eigenvalue weighted by atomic mass is 10.0. The second-order valence-corrected chi connectivity index (χ2v) is 8.65. The third-order valence-corrected chi connectivity index (χ3v) is 6.32. The molecule has 0 bridgehead atoms. The highest BCUT2D eigenvalue weighted by Gasteiger charge is 2.38. The number of hydrogen-bond donors (Lipinski definition) is 2. The van der Waals surface area contributed by atoms with E-state index in [-0.39, 0.29) is 12.5 Å². The van der Waals surface area contributed by atoms with Crippen molar-refractivity contribution in [3.63, 3.8) is 0 Å². The lowest BCUT2D eigenvalue weighted by molar-refractivity contribution is -0.148. The normalized spacial score (nSPS) is 16.4. The quantitative estimate of drug-likeness (QED) is 0.530. The predicted octanol–water partition coefficient (Wildman–Crippen LogP) is 3.68. The van der Waals surface area contributed by atoms with Gasteiger partial charge in [0.25, 0.3) is 0 Å². The van der Waals surface area contributed by atoms with Crippen LogP contribution in [-0.4, -0.2) is 51.7 Å². The number of aliphatic carboxylic acids is 1. The molecule has 170 valence electrons. The molecule has 0 spiro atoms. The zero-order valence-electron chi connectivity index (χ0n) is 17.8. The molecule has 8 heteroatoms. The molecule has 3 rings (SSSR count). The largest absolute Gasteiger partial charge is 0.480 e. The van der Waals surface area contributed by atoms with Crippen molar-refractivity contribution in [3.8, 4) is 0 Å². The van der Waals surface area contributed by atoms with E-state index in [1.807, 2.05) is 48.5 Å². The average Bonchev–Trinajstić information content (AvgIpc) is 3.31. The van der Waals surface area contributed by atoms with Crippen LogP contribution >= 0.6 is 11.8 Å². The Morgan fingerprint density at radius 1 is 1.03 bits per heavy atom. The molecule has 1 unspecified atom stereocenters. The minimum Gasteiger partial charge on any atom is -0.480 e. The fourth-order valence-electron chi connectivity index (χ4n) is 3.55. The summed E-state index contributed by atoms with van der Waals surface area (Å²) in [6.45, 7) is 0.0961. The highest BCUT2D eigenvalue weighted by atomic mass is 32.2. The van der Waals surface area contributed by atoms with Crippen LogP contribution in [0.3, 0.4) is 0 Å². The van der Waals surface area contributed by atoms with E-state index in [1.165, 1.54) is 22.2 Å². The number of nitrogens with one attached hydrogen (secondary N) is 1. The molecule has 2 amide bonds. The molecule has 0 aromatic heterocycles. The van der Waals surface area contributed by atoms with Crippen molar-refractivity contribution in [2.75, 3.05) is 11.6 Å². The molecule has 2 aromatic carbocycles. The van der Waals surface area contributed by atoms with Crippen LogP contribution in [0.2, 0.25) is 0 Å². The summed E-state index contributed by atoms with van der Waals surface area (Å²) >= 11 is 1.40. The van der Waals surface area contributed by atoms with E-state index in [4.69, 9.17) is 4.74 Å². The summed E-state index contributed by atoms with van der Waals surface area (Å²) in [5.41, 5.74) is 2.06. The number of aryl methyl sites for hydroxylation is 1. The van der Waals surface area contributed by atoms with E-state index in [1.54, 1.807) is 0 Å². The Morgan fingerprint density at radius 2 is 1.69 bits per heavy atom. The van der Waals surface area contributed by atoms with Gasteiger partial charge < -0.3 is 20.1 Å². The number of carbonyl (C=O) groups excluding carboxylic acids is 2. The van der Waals surface area contributed by atoms with Gasteiger partial charge in [0.1, 0.15) is 18.7 Å². The molecule has 1 heterocycles. The van der Waals surface area contributed by atoms with Gasteiger partial charge in [-0.15, -0.1) is 11.8 Å². The van der Waals surface area contributed by atoms with Crippen molar-refractivity contribution in [2.45, 2.75) is 44.4 Å². The van der Waals surface area contributed by atoms with Crippen LogP contribution in [0.5, 0.6) is 0 Å². The predicted molar refractivity (Wildman–Crippen MR) is 123 cm³/mol. The fourth-order valence-corrected chi connectivity index (χ4v) is 4.71. The number of nitrogens with zero attached hydrogens (tertiary/aromatic N) is 1. The molecule has 0 aliphatic carbocycles. The second-order valence-electron chi connectivity index (χ2n) is 7.65. The third kappa shape index (κ3) is 7.02. The Hall–Kier alpha value is -3.00. The van der Waals surface area contributed by atoms with E-state index >= 15 is 0 Å². The number of alkyl carbamates (subject to hydrolysis) is 1. The smallest absolute Gasteiger partial charge is 0.408 e. The van der Waals surface area contributed by atoms with Gasteiger partial charge in [-0.05, 0) is 30.4 Å². The molecule has 2 atom stereocenters. The van der Waals surface area contributed by atoms with Crippen LogP contribution in [0.25, 0.3) is 0 Å².